The van der Waals surface area contributed by atoms with E-state index in [2.05, 4.69) is 42.7 Å². The summed E-state index contributed by atoms with van der Waals surface area (Å²) in [6.07, 6.45) is 0. The maximum atomic E-state index is 12.3. The monoisotopic (exact) mass is 424 g/mol. The molecule has 0 fully saturated rings. The van der Waals surface area contributed by atoms with Crippen LogP contribution in [0, 0.1) is 13.8 Å². The molecular weight excluding hydrogens is 400 g/mol. The van der Waals surface area contributed by atoms with E-state index >= 15 is 0 Å². The highest BCUT2D eigenvalue weighted by Gasteiger charge is 2.09. The summed E-state index contributed by atoms with van der Waals surface area (Å²) in [6.45, 7) is 6.48. The first-order valence-electron chi connectivity index (χ1n) is 9.54. The van der Waals surface area contributed by atoms with Gasteiger partial charge < -0.3 is 10.6 Å². The van der Waals surface area contributed by atoms with Crippen molar-refractivity contribution >= 4 is 35.0 Å². The lowest BCUT2D eigenvalue weighted by Gasteiger charge is -2.14. The van der Waals surface area contributed by atoms with Crippen molar-refractivity contribution in [2.45, 2.75) is 36.6 Å². The highest BCUT2D eigenvalue weighted by molar-refractivity contribution is 7.99. The van der Waals surface area contributed by atoms with E-state index in [4.69, 9.17) is 11.6 Å². The zero-order chi connectivity index (χ0) is 20.8. The molecule has 0 aliphatic heterocycles. The molecule has 2 N–H and O–H groups in total. The Balaban J connectivity index is 1.51. The van der Waals surface area contributed by atoms with E-state index in [1.54, 1.807) is 11.8 Å². The number of carbonyl (C=O) groups is 1. The molecule has 3 aromatic rings. The van der Waals surface area contributed by atoms with Gasteiger partial charge in [-0.2, -0.15) is 0 Å². The van der Waals surface area contributed by atoms with Gasteiger partial charge in [0, 0.05) is 26.5 Å². The molecule has 0 radical (unpaired) electrons. The fourth-order valence-corrected chi connectivity index (χ4v) is 3.98. The van der Waals surface area contributed by atoms with Crippen molar-refractivity contribution in [3.05, 3.63) is 88.4 Å². The molecule has 3 nitrogen and oxygen atoms in total. The molecule has 3 aromatic carbocycles. The van der Waals surface area contributed by atoms with Gasteiger partial charge in [-0.15, -0.1) is 0 Å². The van der Waals surface area contributed by atoms with Gasteiger partial charge in [0.15, 0.2) is 0 Å². The van der Waals surface area contributed by atoms with Crippen LogP contribution < -0.4 is 10.6 Å². The highest BCUT2D eigenvalue weighted by atomic mass is 35.5. The third kappa shape index (κ3) is 6.36. The molecule has 0 saturated carbocycles. The normalized spacial score (nSPS) is 11.9. The summed E-state index contributed by atoms with van der Waals surface area (Å²) in [4.78, 5) is 14.6. The van der Waals surface area contributed by atoms with E-state index in [9.17, 15) is 4.79 Å². The molecule has 3 rings (SSSR count). The smallest absolute Gasteiger partial charge is 0.238 e. The lowest BCUT2D eigenvalue weighted by Crippen LogP contribution is -2.30. The van der Waals surface area contributed by atoms with E-state index < -0.39 is 0 Å². The van der Waals surface area contributed by atoms with Crippen LogP contribution in [0.5, 0.6) is 0 Å². The Morgan fingerprint density at radius 1 is 0.966 bits per heavy atom. The van der Waals surface area contributed by atoms with Crippen LogP contribution in [-0.2, 0) is 4.79 Å². The van der Waals surface area contributed by atoms with Gasteiger partial charge in [0.25, 0.3) is 0 Å². The van der Waals surface area contributed by atoms with Gasteiger partial charge in [0.2, 0.25) is 5.91 Å². The van der Waals surface area contributed by atoms with Gasteiger partial charge >= 0.3 is 0 Å². The predicted molar refractivity (Wildman–Crippen MR) is 123 cm³/mol. The van der Waals surface area contributed by atoms with E-state index in [1.165, 1.54) is 16.0 Å². The molecule has 0 aliphatic carbocycles. The van der Waals surface area contributed by atoms with Crippen molar-refractivity contribution in [3.8, 4) is 0 Å². The second-order valence-electron chi connectivity index (χ2n) is 7.08. The summed E-state index contributed by atoms with van der Waals surface area (Å²) in [6, 6.07) is 22.1. The molecule has 1 atom stereocenters. The Labute approximate surface area is 181 Å². The molecule has 0 spiro atoms. The number of hydrogen-bond acceptors (Lipinski definition) is 3. The van der Waals surface area contributed by atoms with Crippen molar-refractivity contribution < 1.29 is 4.79 Å². The Bertz CT molecular complexity index is 988. The largest absolute Gasteiger partial charge is 0.325 e. The second kappa shape index (κ2) is 9.97. The maximum absolute atomic E-state index is 12.3. The number of hydrogen-bond donors (Lipinski definition) is 2. The topological polar surface area (TPSA) is 41.1 Å². The third-order valence-electron chi connectivity index (χ3n) is 4.77. The van der Waals surface area contributed by atoms with E-state index in [-0.39, 0.29) is 18.5 Å². The number of anilines is 1. The van der Waals surface area contributed by atoms with Crippen LogP contribution in [0.3, 0.4) is 0 Å². The zero-order valence-electron chi connectivity index (χ0n) is 16.8. The minimum Gasteiger partial charge on any atom is -0.325 e. The first-order chi connectivity index (χ1) is 13.9. The number of nitrogens with one attached hydrogen (secondary N) is 2. The molecule has 150 valence electrons. The van der Waals surface area contributed by atoms with Gasteiger partial charge in [-0.25, -0.2) is 0 Å². The molecule has 29 heavy (non-hydrogen) atoms. The standard InChI is InChI=1S/C24H25ClN2OS/c1-16-7-10-23(13-17(16)2)29-22-11-8-21(9-12-22)27-24(28)15-26-18(3)19-5-4-6-20(25)14-19/h4-14,18,26H,15H2,1-3H3,(H,27,28)/t18-/m1/s1. The van der Waals surface area contributed by atoms with Crippen molar-refractivity contribution in [2.75, 3.05) is 11.9 Å². The molecule has 0 aliphatic rings. The highest BCUT2D eigenvalue weighted by Crippen LogP contribution is 2.29. The lowest BCUT2D eigenvalue weighted by atomic mass is 10.1. The van der Waals surface area contributed by atoms with Gasteiger partial charge in [0.1, 0.15) is 0 Å². The summed E-state index contributed by atoms with van der Waals surface area (Å²) in [5, 5.41) is 6.85. The van der Waals surface area contributed by atoms with Gasteiger partial charge in [-0.3, -0.25) is 4.79 Å². The number of aryl methyl sites for hydroxylation is 2. The van der Waals surface area contributed by atoms with E-state index in [0.717, 1.165) is 16.1 Å². The Morgan fingerprint density at radius 3 is 2.38 bits per heavy atom. The van der Waals surface area contributed by atoms with E-state index in [0.29, 0.717) is 5.02 Å². The molecule has 0 unspecified atom stereocenters. The number of benzene rings is 3. The summed E-state index contributed by atoms with van der Waals surface area (Å²) in [5.41, 5.74) is 4.43. The molecule has 0 heterocycles. The minimum absolute atomic E-state index is 0.0381. The average Bonchev–Trinajstić information content (AvgIpc) is 2.70. The number of carbonyl (C=O) groups excluding carboxylic acids is 1. The predicted octanol–water partition coefficient (Wildman–Crippen LogP) is 6.40. The Kier molecular flexibility index (Phi) is 7.37. The third-order valence-corrected chi connectivity index (χ3v) is 6.00. The molecule has 0 bridgehead atoms. The second-order valence-corrected chi connectivity index (χ2v) is 8.66. The van der Waals surface area contributed by atoms with Crippen molar-refractivity contribution in [1.29, 1.82) is 0 Å². The maximum Gasteiger partial charge on any atom is 0.238 e. The van der Waals surface area contributed by atoms with Crippen LogP contribution in [0.2, 0.25) is 5.02 Å². The van der Waals surface area contributed by atoms with Crippen LogP contribution in [0.15, 0.2) is 76.5 Å². The quantitative estimate of drug-likeness (QED) is 0.461. The number of rotatable bonds is 7. The molecule has 1 amide bonds. The van der Waals surface area contributed by atoms with Crippen LogP contribution >= 0.6 is 23.4 Å². The van der Waals surface area contributed by atoms with Gasteiger partial charge in [-0.1, -0.05) is 41.6 Å². The summed E-state index contributed by atoms with van der Waals surface area (Å²) in [7, 11) is 0. The van der Waals surface area contributed by atoms with Crippen LogP contribution in [0.4, 0.5) is 5.69 Å². The number of halogens is 1. The molecule has 5 heteroatoms. The van der Waals surface area contributed by atoms with Crippen molar-refractivity contribution in [2.24, 2.45) is 0 Å². The fraction of sp³-hybridized carbons (Fsp3) is 0.208. The first-order valence-corrected chi connectivity index (χ1v) is 10.7. The summed E-state index contributed by atoms with van der Waals surface area (Å²) < 4.78 is 0. The lowest BCUT2D eigenvalue weighted by molar-refractivity contribution is -0.115. The average molecular weight is 425 g/mol. The van der Waals surface area contributed by atoms with Crippen LogP contribution in [-0.4, -0.2) is 12.5 Å². The SMILES string of the molecule is Cc1ccc(Sc2ccc(NC(=O)CN[C@H](C)c3cccc(Cl)c3)cc2)cc1C. The molecule has 0 aromatic heterocycles. The van der Waals surface area contributed by atoms with Gasteiger partial charge in [0.05, 0.1) is 6.54 Å². The van der Waals surface area contributed by atoms with Crippen LogP contribution in [0.1, 0.15) is 29.7 Å². The van der Waals surface area contributed by atoms with E-state index in [1.807, 2.05) is 55.5 Å². The number of amides is 1. The van der Waals surface area contributed by atoms with Crippen molar-refractivity contribution in [3.63, 3.8) is 0 Å². The Hall–Kier alpha value is -2.27. The zero-order valence-corrected chi connectivity index (χ0v) is 18.4. The van der Waals surface area contributed by atoms with Crippen molar-refractivity contribution in [1.82, 2.24) is 5.32 Å². The van der Waals surface area contributed by atoms with Gasteiger partial charge in [-0.05, 0) is 86.0 Å². The first kappa shape index (κ1) is 21.4. The molecular formula is C24H25ClN2OS. The summed E-state index contributed by atoms with van der Waals surface area (Å²) >= 11 is 7.74. The Morgan fingerprint density at radius 2 is 1.69 bits per heavy atom. The minimum atomic E-state index is -0.0755. The molecule has 0 saturated heterocycles. The van der Waals surface area contributed by atoms with Crippen LogP contribution in [0.25, 0.3) is 0 Å². The summed E-state index contributed by atoms with van der Waals surface area (Å²) in [5.74, 6) is -0.0755. The fourth-order valence-electron chi connectivity index (χ4n) is 2.86.